The highest BCUT2D eigenvalue weighted by Gasteiger charge is 1.91. The van der Waals surface area contributed by atoms with Gasteiger partial charge in [-0.3, -0.25) is 0 Å². The summed E-state index contributed by atoms with van der Waals surface area (Å²) in [6.45, 7) is 6.27. The fourth-order valence-corrected chi connectivity index (χ4v) is 0.519. The molecule has 1 heteroatoms. The van der Waals surface area contributed by atoms with Gasteiger partial charge in [-0.25, -0.2) is 0 Å². The van der Waals surface area contributed by atoms with E-state index in [0.717, 1.165) is 12.3 Å². The zero-order valence-corrected chi connectivity index (χ0v) is 5.98. The number of methoxy groups -OCH3 is 1. The molecule has 0 aliphatic carbocycles. The summed E-state index contributed by atoms with van der Waals surface area (Å²) in [6.07, 6.45) is 2.31. The average molecular weight is 115 g/mol. The monoisotopic (exact) mass is 115 g/mol. The standard InChI is InChI=1S/C7H15O/c1-7(2)5-4-6-8-3/h6-7H,4-5H2,1-3H3. The van der Waals surface area contributed by atoms with E-state index in [2.05, 4.69) is 13.8 Å². The summed E-state index contributed by atoms with van der Waals surface area (Å²) >= 11 is 0. The lowest BCUT2D eigenvalue weighted by Gasteiger charge is -2.00. The van der Waals surface area contributed by atoms with Gasteiger partial charge in [-0.2, -0.15) is 0 Å². The molecule has 1 nitrogen and oxygen atoms in total. The van der Waals surface area contributed by atoms with Crippen molar-refractivity contribution >= 4 is 0 Å². The molecule has 49 valence electrons. The molecule has 0 N–H and O–H groups in total. The van der Waals surface area contributed by atoms with Crippen molar-refractivity contribution in [2.24, 2.45) is 5.92 Å². The highest BCUT2D eigenvalue weighted by atomic mass is 16.5. The van der Waals surface area contributed by atoms with Crippen molar-refractivity contribution in [3.8, 4) is 0 Å². The Balaban J connectivity index is 2.72. The molecule has 0 aromatic carbocycles. The van der Waals surface area contributed by atoms with Crippen LogP contribution < -0.4 is 0 Å². The minimum Gasteiger partial charge on any atom is -0.379 e. The van der Waals surface area contributed by atoms with Gasteiger partial charge in [0.2, 0.25) is 0 Å². The number of hydrogen-bond acceptors (Lipinski definition) is 1. The average Bonchev–Trinajstić information content (AvgIpc) is 1.66. The van der Waals surface area contributed by atoms with Gasteiger partial charge in [0.15, 0.2) is 0 Å². The van der Waals surface area contributed by atoms with Gasteiger partial charge in [0.25, 0.3) is 0 Å². The Kier molecular flexibility index (Phi) is 5.08. The van der Waals surface area contributed by atoms with Crippen LogP contribution in [0.1, 0.15) is 26.7 Å². The highest BCUT2D eigenvalue weighted by Crippen LogP contribution is 2.04. The van der Waals surface area contributed by atoms with Gasteiger partial charge in [0, 0.05) is 7.11 Å². The zero-order valence-electron chi connectivity index (χ0n) is 5.98. The Labute approximate surface area is 52.0 Å². The molecule has 0 saturated heterocycles. The Morgan fingerprint density at radius 1 is 1.50 bits per heavy atom. The maximum absolute atomic E-state index is 4.77. The van der Waals surface area contributed by atoms with Crippen molar-refractivity contribution in [1.82, 2.24) is 0 Å². The van der Waals surface area contributed by atoms with Gasteiger partial charge >= 0.3 is 0 Å². The van der Waals surface area contributed by atoms with Crippen LogP contribution in [-0.2, 0) is 4.74 Å². The molecule has 0 aromatic rings. The lowest BCUT2D eigenvalue weighted by atomic mass is 10.1. The van der Waals surface area contributed by atoms with Gasteiger partial charge in [0.1, 0.15) is 0 Å². The number of ether oxygens (including phenoxy) is 1. The van der Waals surface area contributed by atoms with E-state index in [1.54, 1.807) is 7.11 Å². The Morgan fingerprint density at radius 3 is 2.50 bits per heavy atom. The predicted molar refractivity (Wildman–Crippen MR) is 35.4 cm³/mol. The minimum atomic E-state index is 0.793. The highest BCUT2D eigenvalue weighted by molar-refractivity contribution is 4.52. The first-order chi connectivity index (χ1) is 3.77. The molecule has 0 aliphatic heterocycles. The summed E-state index contributed by atoms with van der Waals surface area (Å²) in [4.78, 5) is 0. The summed E-state index contributed by atoms with van der Waals surface area (Å²) < 4.78 is 4.77. The summed E-state index contributed by atoms with van der Waals surface area (Å²) in [5, 5.41) is 0. The van der Waals surface area contributed by atoms with Gasteiger partial charge in [-0.1, -0.05) is 13.8 Å². The van der Waals surface area contributed by atoms with Crippen LogP contribution in [0.3, 0.4) is 0 Å². The van der Waals surface area contributed by atoms with Crippen LogP contribution in [0, 0.1) is 12.5 Å². The van der Waals surface area contributed by atoms with Crippen molar-refractivity contribution in [3.63, 3.8) is 0 Å². The zero-order chi connectivity index (χ0) is 6.41. The summed E-state index contributed by atoms with van der Waals surface area (Å²) in [5.41, 5.74) is 0. The lowest BCUT2D eigenvalue weighted by molar-refractivity contribution is 0.258. The van der Waals surface area contributed by atoms with Crippen LogP contribution in [0.15, 0.2) is 0 Å². The van der Waals surface area contributed by atoms with E-state index in [1.807, 2.05) is 6.61 Å². The number of hydrogen-bond donors (Lipinski definition) is 0. The third-order valence-corrected chi connectivity index (χ3v) is 1.03. The summed E-state index contributed by atoms with van der Waals surface area (Å²) in [5.74, 6) is 0.793. The summed E-state index contributed by atoms with van der Waals surface area (Å²) in [6, 6.07) is 0. The molecular weight excluding hydrogens is 100 g/mol. The molecule has 0 rings (SSSR count). The maximum Gasteiger partial charge on any atom is 0.0832 e. The fourth-order valence-electron chi connectivity index (χ4n) is 0.519. The molecule has 0 saturated carbocycles. The third-order valence-electron chi connectivity index (χ3n) is 1.03. The summed E-state index contributed by atoms with van der Waals surface area (Å²) in [7, 11) is 1.69. The van der Waals surface area contributed by atoms with Crippen LogP contribution in [0.25, 0.3) is 0 Å². The lowest BCUT2D eigenvalue weighted by Crippen LogP contribution is -1.87. The molecule has 0 bridgehead atoms. The van der Waals surface area contributed by atoms with Crippen LogP contribution in [0.5, 0.6) is 0 Å². The predicted octanol–water partition coefficient (Wildman–Crippen LogP) is 2.23. The molecule has 0 aromatic heterocycles. The molecular formula is C7H15O. The molecule has 0 unspecified atom stereocenters. The van der Waals surface area contributed by atoms with E-state index in [1.165, 1.54) is 6.42 Å². The molecule has 0 heterocycles. The normalized spacial score (nSPS) is 10.5. The Morgan fingerprint density at radius 2 is 2.12 bits per heavy atom. The SMILES string of the molecule is CO[CH]CCC(C)C. The van der Waals surface area contributed by atoms with E-state index in [4.69, 9.17) is 4.74 Å². The van der Waals surface area contributed by atoms with E-state index in [-0.39, 0.29) is 0 Å². The first-order valence-electron chi connectivity index (χ1n) is 3.12. The first-order valence-corrected chi connectivity index (χ1v) is 3.12. The van der Waals surface area contributed by atoms with Gasteiger partial charge in [-0.15, -0.1) is 0 Å². The van der Waals surface area contributed by atoms with Crippen molar-refractivity contribution in [2.45, 2.75) is 26.7 Å². The largest absolute Gasteiger partial charge is 0.379 e. The van der Waals surface area contributed by atoms with Crippen LogP contribution in [0.2, 0.25) is 0 Å². The molecule has 0 fully saturated rings. The minimum absolute atomic E-state index is 0.793. The third kappa shape index (κ3) is 5.96. The number of rotatable bonds is 4. The second kappa shape index (κ2) is 5.10. The van der Waals surface area contributed by atoms with Crippen molar-refractivity contribution in [1.29, 1.82) is 0 Å². The van der Waals surface area contributed by atoms with Crippen molar-refractivity contribution < 1.29 is 4.74 Å². The second-order valence-electron chi connectivity index (χ2n) is 2.37. The maximum atomic E-state index is 4.77. The molecule has 8 heavy (non-hydrogen) atoms. The van der Waals surface area contributed by atoms with E-state index >= 15 is 0 Å². The van der Waals surface area contributed by atoms with Gasteiger partial charge < -0.3 is 4.74 Å². The first kappa shape index (κ1) is 7.96. The quantitative estimate of drug-likeness (QED) is 0.510. The fraction of sp³-hybridized carbons (Fsp3) is 0.857. The second-order valence-corrected chi connectivity index (χ2v) is 2.37. The molecule has 0 atom stereocenters. The smallest absolute Gasteiger partial charge is 0.0832 e. The van der Waals surface area contributed by atoms with Gasteiger partial charge in [0.05, 0.1) is 6.61 Å². The van der Waals surface area contributed by atoms with Crippen LogP contribution in [-0.4, -0.2) is 7.11 Å². The van der Waals surface area contributed by atoms with Gasteiger partial charge in [-0.05, 0) is 18.8 Å². The van der Waals surface area contributed by atoms with Crippen LogP contribution >= 0.6 is 0 Å². The van der Waals surface area contributed by atoms with Crippen molar-refractivity contribution in [3.05, 3.63) is 6.61 Å². The van der Waals surface area contributed by atoms with Crippen molar-refractivity contribution in [2.75, 3.05) is 7.11 Å². The van der Waals surface area contributed by atoms with Crippen LogP contribution in [0.4, 0.5) is 0 Å². The molecule has 1 radical (unpaired) electrons. The topological polar surface area (TPSA) is 9.23 Å². The Bertz CT molecular complexity index is 41.7. The molecule has 0 spiro atoms. The Hall–Kier alpha value is -0.0400. The molecule has 0 aliphatic rings. The molecule has 0 amide bonds. The van der Waals surface area contributed by atoms with E-state index in [0.29, 0.717) is 0 Å². The van der Waals surface area contributed by atoms with E-state index < -0.39 is 0 Å². The van der Waals surface area contributed by atoms with E-state index in [9.17, 15) is 0 Å².